The highest BCUT2D eigenvalue weighted by molar-refractivity contribution is 5.78. The third kappa shape index (κ3) is 4.76. The van der Waals surface area contributed by atoms with Crippen LogP contribution in [0.5, 0.6) is 0 Å². The van der Waals surface area contributed by atoms with Crippen LogP contribution in [-0.4, -0.2) is 54.1 Å². The summed E-state index contributed by atoms with van der Waals surface area (Å²) in [5, 5.41) is 14.2. The first-order valence-corrected chi connectivity index (χ1v) is 6.45. The molecule has 1 heterocycles. The lowest BCUT2D eigenvalue weighted by molar-refractivity contribution is -0.141. The smallest absolute Gasteiger partial charge is 0.315 e. The van der Waals surface area contributed by atoms with E-state index in [-0.39, 0.29) is 24.5 Å². The van der Waals surface area contributed by atoms with Crippen molar-refractivity contribution in [2.75, 3.05) is 20.1 Å². The molecule has 7 heteroatoms. The summed E-state index contributed by atoms with van der Waals surface area (Å²) in [6.45, 7) is 2.36. The van der Waals surface area contributed by atoms with E-state index in [0.29, 0.717) is 25.8 Å². The number of carboxylic acid groups (broad SMARTS) is 1. The van der Waals surface area contributed by atoms with Crippen LogP contribution in [0.3, 0.4) is 0 Å². The summed E-state index contributed by atoms with van der Waals surface area (Å²) in [5.74, 6) is -1.40. The highest BCUT2D eigenvalue weighted by Crippen LogP contribution is 2.09. The van der Waals surface area contributed by atoms with E-state index in [1.54, 1.807) is 18.9 Å². The maximum atomic E-state index is 11.6. The Balaban J connectivity index is 2.31. The summed E-state index contributed by atoms with van der Waals surface area (Å²) in [6.07, 6.45) is 1.51. The van der Waals surface area contributed by atoms with Crippen molar-refractivity contribution < 1.29 is 19.5 Å². The van der Waals surface area contributed by atoms with Crippen LogP contribution in [0.15, 0.2) is 0 Å². The Kier molecular flexibility index (Phi) is 5.59. The molecule has 0 aromatic heterocycles. The number of rotatable bonds is 5. The van der Waals surface area contributed by atoms with Crippen molar-refractivity contribution in [1.82, 2.24) is 15.5 Å². The third-order valence-electron chi connectivity index (χ3n) is 3.31. The lowest BCUT2D eigenvalue weighted by Gasteiger charge is -2.30. The van der Waals surface area contributed by atoms with Gasteiger partial charge in [0.25, 0.3) is 0 Å². The number of hydrogen-bond donors (Lipinski definition) is 3. The van der Waals surface area contributed by atoms with Crippen molar-refractivity contribution in [3.63, 3.8) is 0 Å². The normalized spacial score (nSPS) is 20.8. The third-order valence-corrected chi connectivity index (χ3v) is 3.31. The van der Waals surface area contributed by atoms with Crippen molar-refractivity contribution in [3.8, 4) is 0 Å². The summed E-state index contributed by atoms with van der Waals surface area (Å²) in [5.41, 5.74) is 0. The van der Waals surface area contributed by atoms with Crippen LogP contribution in [0.2, 0.25) is 0 Å². The minimum absolute atomic E-state index is 0.0763. The maximum absolute atomic E-state index is 11.6. The molecule has 0 saturated carbocycles. The van der Waals surface area contributed by atoms with Crippen molar-refractivity contribution >= 4 is 17.9 Å². The zero-order valence-electron chi connectivity index (χ0n) is 11.3. The van der Waals surface area contributed by atoms with E-state index in [1.807, 2.05) is 0 Å². The Morgan fingerprint density at radius 2 is 2.21 bits per heavy atom. The number of carbonyl (C=O) groups excluding carboxylic acids is 2. The Morgan fingerprint density at radius 3 is 2.74 bits per heavy atom. The molecular formula is C12H21N3O4. The highest BCUT2D eigenvalue weighted by Gasteiger charge is 2.24. The molecule has 2 atom stereocenters. The second kappa shape index (κ2) is 6.96. The molecule has 3 amide bonds. The van der Waals surface area contributed by atoms with E-state index in [4.69, 9.17) is 5.11 Å². The number of likely N-dealkylation sites (N-methyl/N-ethyl adjacent to an activating group) is 1. The van der Waals surface area contributed by atoms with Gasteiger partial charge in [0, 0.05) is 32.6 Å². The van der Waals surface area contributed by atoms with Gasteiger partial charge in [-0.15, -0.1) is 0 Å². The maximum Gasteiger partial charge on any atom is 0.315 e. The van der Waals surface area contributed by atoms with Crippen LogP contribution in [0.25, 0.3) is 0 Å². The molecule has 108 valence electrons. The van der Waals surface area contributed by atoms with Crippen LogP contribution in [0, 0.1) is 5.92 Å². The number of nitrogens with one attached hydrogen (secondary N) is 2. The topological polar surface area (TPSA) is 98.7 Å². The van der Waals surface area contributed by atoms with E-state index in [1.165, 1.54) is 0 Å². The number of nitrogens with zero attached hydrogens (tertiary/aromatic N) is 1. The van der Waals surface area contributed by atoms with Crippen LogP contribution in [0.1, 0.15) is 26.2 Å². The van der Waals surface area contributed by atoms with Gasteiger partial charge in [0.1, 0.15) is 0 Å². The fraction of sp³-hybridized carbons (Fsp3) is 0.750. The van der Waals surface area contributed by atoms with Crippen LogP contribution < -0.4 is 10.6 Å². The monoisotopic (exact) mass is 271 g/mol. The molecule has 1 aliphatic heterocycles. The summed E-state index contributed by atoms with van der Waals surface area (Å²) < 4.78 is 0. The lowest BCUT2D eigenvalue weighted by Crippen LogP contribution is -2.51. The van der Waals surface area contributed by atoms with Crippen molar-refractivity contribution in [2.45, 2.75) is 32.2 Å². The molecule has 19 heavy (non-hydrogen) atoms. The Labute approximate surface area is 112 Å². The minimum atomic E-state index is -0.911. The standard InChI is InChI=1S/C12H21N3O4/c1-3-8(11(17)18)6-13-12(19)14-9-4-5-10(16)15(2)7-9/h8-9H,3-7H2,1-2H3,(H,17,18)(H2,13,14,19). The van der Waals surface area contributed by atoms with Crippen molar-refractivity contribution in [3.05, 3.63) is 0 Å². The van der Waals surface area contributed by atoms with E-state index in [9.17, 15) is 14.4 Å². The first kappa shape index (κ1) is 15.3. The molecule has 1 saturated heterocycles. The second-order valence-electron chi connectivity index (χ2n) is 4.81. The molecule has 0 aromatic rings. The SMILES string of the molecule is CCC(CNC(=O)NC1CCC(=O)N(C)C1)C(=O)O. The van der Waals surface area contributed by atoms with E-state index >= 15 is 0 Å². The predicted molar refractivity (Wildman–Crippen MR) is 68.6 cm³/mol. The van der Waals surface area contributed by atoms with Crippen molar-refractivity contribution in [2.24, 2.45) is 5.92 Å². The van der Waals surface area contributed by atoms with Gasteiger partial charge in [0.15, 0.2) is 0 Å². The number of carbonyl (C=O) groups is 3. The molecule has 1 fully saturated rings. The van der Waals surface area contributed by atoms with Gasteiger partial charge < -0.3 is 20.6 Å². The number of likely N-dealkylation sites (tertiary alicyclic amines) is 1. The quantitative estimate of drug-likeness (QED) is 0.656. The molecule has 2 unspecified atom stereocenters. The number of piperidine rings is 1. The highest BCUT2D eigenvalue weighted by atomic mass is 16.4. The van der Waals surface area contributed by atoms with Gasteiger partial charge in [-0.25, -0.2) is 4.79 Å². The van der Waals surface area contributed by atoms with Crippen LogP contribution >= 0.6 is 0 Å². The molecule has 1 aliphatic rings. The number of carboxylic acids is 1. The van der Waals surface area contributed by atoms with Crippen LogP contribution in [0.4, 0.5) is 4.79 Å². The number of amides is 3. The summed E-state index contributed by atoms with van der Waals surface area (Å²) in [6, 6.07) is -0.458. The number of urea groups is 1. The molecule has 7 nitrogen and oxygen atoms in total. The minimum Gasteiger partial charge on any atom is -0.481 e. The molecule has 0 aliphatic carbocycles. The van der Waals surface area contributed by atoms with Gasteiger partial charge in [-0.2, -0.15) is 0 Å². The molecular weight excluding hydrogens is 250 g/mol. The molecule has 0 aromatic carbocycles. The van der Waals surface area contributed by atoms with E-state index < -0.39 is 11.9 Å². The Hall–Kier alpha value is -1.79. The average molecular weight is 271 g/mol. The van der Waals surface area contributed by atoms with Crippen molar-refractivity contribution in [1.29, 1.82) is 0 Å². The Bertz CT molecular complexity index is 359. The van der Waals surface area contributed by atoms with Crippen LogP contribution in [-0.2, 0) is 9.59 Å². The lowest BCUT2D eigenvalue weighted by atomic mass is 10.1. The summed E-state index contributed by atoms with van der Waals surface area (Å²) >= 11 is 0. The van der Waals surface area contributed by atoms with Gasteiger partial charge in [-0.3, -0.25) is 9.59 Å². The molecule has 0 bridgehead atoms. The zero-order valence-corrected chi connectivity index (χ0v) is 11.3. The molecule has 0 radical (unpaired) electrons. The summed E-state index contributed by atoms with van der Waals surface area (Å²) in [7, 11) is 1.70. The molecule has 1 rings (SSSR count). The number of aliphatic carboxylic acids is 1. The Morgan fingerprint density at radius 1 is 1.53 bits per heavy atom. The van der Waals surface area contributed by atoms with Gasteiger partial charge in [0.2, 0.25) is 5.91 Å². The van der Waals surface area contributed by atoms with Gasteiger partial charge in [-0.05, 0) is 12.8 Å². The van der Waals surface area contributed by atoms with E-state index in [2.05, 4.69) is 10.6 Å². The largest absolute Gasteiger partial charge is 0.481 e. The average Bonchev–Trinajstić information content (AvgIpc) is 2.34. The van der Waals surface area contributed by atoms with Gasteiger partial charge in [0.05, 0.1) is 5.92 Å². The molecule has 3 N–H and O–H groups in total. The fourth-order valence-corrected chi connectivity index (χ4v) is 1.99. The van der Waals surface area contributed by atoms with E-state index in [0.717, 1.165) is 0 Å². The summed E-state index contributed by atoms with van der Waals surface area (Å²) in [4.78, 5) is 35.3. The first-order chi connectivity index (χ1) is 8.93. The predicted octanol–water partition coefficient (Wildman–Crippen LogP) is 0.0172. The number of hydrogen-bond acceptors (Lipinski definition) is 3. The van der Waals surface area contributed by atoms with Gasteiger partial charge in [-0.1, -0.05) is 6.92 Å². The zero-order chi connectivity index (χ0) is 14.4. The first-order valence-electron chi connectivity index (χ1n) is 6.45. The van der Waals surface area contributed by atoms with Gasteiger partial charge >= 0.3 is 12.0 Å². The molecule has 0 spiro atoms. The fourth-order valence-electron chi connectivity index (χ4n) is 1.99. The second-order valence-corrected chi connectivity index (χ2v) is 4.81.